The number of unbranched alkanes of at least 4 members (excludes halogenated alkanes) is 1. The summed E-state index contributed by atoms with van der Waals surface area (Å²) in [6.45, 7) is 9.01. The van der Waals surface area contributed by atoms with E-state index in [1.807, 2.05) is 19.9 Å². The van der Waals surface area contributed by atoms with Crippen molar-refractivity contribution in [2.45, 2.75) is 59.8 Å². The molecule has 1 aromatic carbocycles. The number of carbonyl (C=O) groups is 2. The molecule has 0 N–H and O–H groups in total. The van der Waals surface area contributed by atoms with Crippen LogP contribution >= 0.6 is 0 Å². The van der Waals surface area contributed by atoms with Crippen LogP contribution in [0.4, 0.5) is 0 Å². The highest BCUT2D eigenvalue weighted by Crippen LogP contribution is 2.19. The number of ether oxygens (including phenoxy) is 2. The molecule has 0 saturated carbocycles. The fourth-order valence-corrected chi connectivity index (χ4v) is 2.42. The van der Waals surface area contributed by atoms with Gasteiger partial charge in [-0.1, -0.05) is 46.2 Å². The fourth-order valence-electron chi connectivity index (χ4n) is 2.42. The van der Waals surface area contributed by atoms with Gasteiger partial charge in [-0.2, -0.15) is 0 Å². The molecule has 0 saturated heterocycles. The SMILES string of the molecule is CCCCOC(=O)c1cccc(CC)c1C(=O)OCCCC(C)C. The second-order valence-electron chi connectivity index (χ2n) is 6.35. The van der Waals surface area contributed by atoms with Crippen molar-refractivity contribution < 1.29 is 19.1 Å². The number of hydrogen-bond acceptors (Lipinski definition) is 4. The summed E-state index contributed by atoms with van der Waals surface area (Å²) in [5.74, 6) is -0.303. The number of aryl methyl sites for hydroxylation is 1. The molecule has 1 rings (SSSR count). The molecule has 0 radical (unpaired) electrons. The molecule has 0 fully saturated rings. The van der Waals surface area contributed by atoms with Crippen molar-refractivity contribution in [3.63, 3.8) is 0 Å². The van der Waals surface area contributed by atoms with Gasteiger partial charge in [0.25, 0.3) is 0 Å². The van der Waals surface area contributed by atoms with E-state index in [1.165, 1.54) is 0 Å². The van der Waals surface area contributed by atoms with Gasteiger partial charge in [0.15, 0.2) is 0 Å². The lowest BCUT2D eigenvalue weighted by Crippen LogP contribution is -2.17. The average Bonchev–Trinajstić information content (AvgIpc) is 2.57. The van der Waals surface area contributed by atoms with Crippen LogP contribution in [-0.4, -0.2) is 25.2 Å². The highest BCUT2D eigenvalue weighted by atomic mass is 16.5. The van der Waals surface area contributed by atoms with E-state index in [9.17, 15) is 9.59 Å². The Morgan fingerprint density at radius 1 is 1.00 bits per heavy atom. The quantitative estimate of drug-likeness (QED) is 0.455. The van der Waals surface area contributed by atoms with Crippen molar-refractivity contribution in [1.82, 2.24) is 0 Å². The van der Waals surface area contributed by atoms with Crippen molar-refractivity contribution in [2.24, 2.45) is 5.92 Å². The zero-order chi connectivity index (χ0) is 17.9. The van der Waals surface area contributed by atoms with Crippen LogP contribution < -0.4 is 0 Å². The minimum atomic E-state index is -0.451. The van der Waals surface area contributed by atoms with Gasteiger partial charge in [-0.3, -0.25) is 0 Å². The van der Waals surface area contributed by atoms with Crippen LogP contribution in [0.1, 0.15) is 79.7 Å². The van der Waals surface area contributed by atoms with Gasteiger partial charge in [-0.15, -0.1) is 0 Å². The predicted octanol–water partition coefficient (Wildman–Crippen LogP) is 4.80. The largest absolute Gasteiger partial charge is 0.462 e. The van der Waals surface area contributed by atoms with Crippen molar-refractivity contribution in [1.29, 1.82) is 0 Å². The number of rotatable bonds is 10. The fraction of sp³-hybridized carbons (Fsp3) is 0.600. The molecule has 4 nitrogen and oxygen atoms in total. The molecular weight excluding hydrogens is 304 g/mol. The van der Waals surface area contributed by atoms with Crippen LogP contribution in [0.25, 0.3) is 0 Å². The summed E-state index contributed by atoms with van der Waals surface area (Å²) in [5.41, 5.74) is 1.47. The summed E-state index contributed by atoms with van der Waals surface area (Å²) in [4.78, 5) is 24.8. The minimum absolute atomic E-state index is 0.305. The van der Waals surface area contributed by atoms with Gasteiger partial charge < -0.3 is 9.47 Å². The molecule has 0 amide bonds. The molecule has 0 aliphatic rings. The van der Waals surface area contributed by atoms with E-state index < -0.39 is 11.9 Å². The van der Waals surface area contributed by atoms with E-state index in [2.05, 4.69) is 13.8 Å². The molecule has 0 aromatic heterocycles. The van der Waals surface area contributed by atoms with E-state index in [-0.39, 0.29) is 0 Å². The number of hydrogen-bond donors (Lipinski definition) is 0. The summed E-state index contributed by atoms with van der Waals surface area (Å²) < 4.78 is 10.7. The highest BCUT2D eigenvalue weighted by Gasteiger charge is 2.22. The molecular formula is C20H30O4. The maximum atomic E-state index is 12.5. The average molecular weight is 334 g/mol. The van der Waals surface area contributed by atoms with Crippen LogP contribution in [-0.2, 0) is 15.9 Å². The van der Waals surface area contributed by atoms with Crippen LogP contribution in [0, 0.1) is 5.92 Å². The predicted molar refractivity (Wildman–Crippen MR) is 95.4 cm³/mol. The Morgan fingerprint density at radius 2 is 1.67 bits per heavy atom. The topological polar surface area (TPSA) is 52.6 Å². The molecule has 24 heavy (non-hydrogen) atoms. The van der Waals surface area contributed by atoms with Crippen LogP contribution in [0.15, 0.2) is 18.2 Å². The maximum absolute atomic E-state index is 12.5. The lowest BCUT2D eigenvalue weighted by Gasteiger charge is -2.13. The number of esters is 2. The molecule has 0 spiro atoms. The maximum Gasteiger partial charge on any atom is 0.339 e. The van der Waals surface area contributed by atoms with Gasteiger partial charge in [-0.05, 0) is 43.2 Å². The first-order valence-corrected chi connectivity index (χ1v) is 8.97. The van der Waals surface area contributed by atoms with E-state index >= 15 is 0 Å². The molecule has 0 aliphatic heterocycles. The van der Waals surface area contributed by atoms with Crippen LogP contribution in [0.2, 0.25) is 0 Å². The lowest BCUT2D eigenvalue weighted by atomic mass is 9.99. The Kier molecular flexibility index (Phi) is 9.13. The minimum Gasteiger partial charge on any atom is -0.462 e. The van der Waals surface area contributed by atoms with Gasteiger partial charge in [0.05, 0.1) is 24.3 Å². The van der Waals surface area contributed by atoms with Gasteiger partial charge >= 0.3 is 11.9 Å². The molecule has 134 valence electrons. The third kappa shape index (κ3) is 6.34. The van der Waals surface area contributed by atoms with Gasteiger partial charge in [0, 0.05) is 0 Å². The Bertz CT molecular complexity index is 534. The van der Waals surface area contributed by atoms with E-state index in [1.54, 1.807) is 12.1 Å². The number of benzene rings is 1. The Morgan fingerprint density at radius 3 is 2.29 bits per heavy atom. The standard InChI is InChI=1S/C20H30O4/c1-5-7-13-23-19(21)17-12-8-11-16(6-2)18(17)20(22)24-14-9-10-15(3)4/h8,11-12,15H,5-7,9-10,13-14H2,1-4H3. The summed E-state index contributed by atoms with van der Waals surface area (Å²) in [6, 6.07) is 5.27. The smallest absolute Gasteiger partial charge is 0.339 e. The Balaban J connectivity index is 2.85. The van der Waals surface area contributed by atoms with Crippen molar-refractivity contribution in [2.75, 3.05) is 13.2 Å². The van der Waals surface area contributed by atoms with E-state index in [4.69, 9.17) is 9.47 Å². The highest BCUT2D eigenvalue weighted by molar-refractivity contribution is 6.04. The third-order valence-electron chi connectivity index (χ3n) is 3.85. The zero-order valence-corrected chi connectivity index (χ0v) is 15.4. The first-order chi connectivity index (χ1) is 11.5. The normalized spacial score (nSPS) is 10.7. The van der Waals surface area contributed by atoms with E-state index in [0.29, 0.717) is 36.7 Å². The summed E-state index contributed by atoms with van der Waals surface area (Å²) in [5, 5.41) is 0. The molecule has 0 atom stereocenters. The third-order valence-corrected chi connectivity index (χ3v) is 3.85. The van der Waals surface area contributed by atoms with Gasteiger partial charge in [-0.25, -0.2) is 9.59 Å². The molecule has 0 bridgehead atoms. The first-order valence-electron chi connectivity index (χ1n) is 8.97. The molecule has 1 aromatic rings. The Labute approximate surface area is 145 Å². The monoisotopic (exact) mass is 334 g/mol. The Hall–Kier alpha value is -1.84. The van der Waals surface area contributed by atoms with Crippen LogP contribution in [0.3, 0.4) is 0 Å². The summed E-state index contributed by atoms with van der Waals surface area (Å²) >= 11 is 0. The van der Waals surface area contributed by atoms with Crippen molar-refractivity contribution in [3.8, 4) is 0 Å². The van der Waals surface area contributed by atoms with Gasteiger partial charge in [0.1, 0.15) is 0 Å². The van der Waals surface area contributed by atoms with Crippen LogP contribution in [0.5, 0.6) is 0 Å². The number of carbonyl (C=O) groups excluding carboxylic acids is 2. The second-order valence-corrected chi connectivity index (χ2v) is 6.35. The first kappa shape index (κ1) is 20.2. The lowest BCUT2D eigenvalue weighted by molar-refractivity contribution is 0.0449. The summed E-state index contributed by atoms with van der Waals surface area (Å²) in [7, 11) is 0. The van der Waals surface area contributed by atoms with Gasteiger partial charge in [0.2, 0.25) is 0 Å². The second kappa shape index (κ2) is 10.8. The van der Waals surface area contributed by atoms with Crippen molar-refractivity contribution in [3.05, 3.63) is 34.9 Å². The van der Waals surface area contributed by atoms with E-state index in [0.717, 1.165) is 31.2 Å². The molecule has 0 unspecified atom stereocenters. The summed E-state index contributed by atoms with van der Waals surface area (Å²) in [6.07, 6.45) is 4.26. The van der Waals surface area contributed by atoms with Crippen molar-refractivity contribution >= 4 is 11.9 Å². The molecule has 0 heterocycles. The zero-order valence-electron chi connectivity index (χ0n) is 15.4. The molecule has 4 heteroatoms. The molecule has 0 aliphatic carbocycles.